The van der Waals surface area contributed by atoms with Crippen LogP contribution in [0.2, 0.25) is 0 Å². The number of hydrogen-bond donors (Lipinski definition) is 1. The Bertz CT molecular complexity index is 551. The molecular formula is C10H5FN2O. The van der Waals surface area contributed by atoms with Crippen LogP contribution in [0, 0.1) is 17.1 Å². The van der Waals surface area contributed by atoms with Gasteiger partial charge in [0.15, 0.2) is 6.29 Å². The molecular weight excluding hydrogens is 183 g/mol. The minimum atomic E-state index is -0.609. The quantitative estimate of drug-likeness (QED) is 0.695. The van der Waals surface area contributed by atoms with Crippen LogP contribution in [0.4, 0.5) is 4.39 Å². The van der Waals surface area contributed by atoms with Gasteiger partial charge in [0, 0.05) is 22.7 Å². The molecule has 0 amide bonds. The number of aromatic nitrogens is 1. The van der Waals surface area contributed by atoms with Gasteiger partial charge in [-0.2, -0.15) is 5.26 Å². The normalized spacial score (nSPS) is 10.0. The fourth-order valence-corrected chi connectivity index (χ4v) is 1.35. The van der Waals surface area contributed by atoms with E-state index in [1.807, 2.05) is 0 Å². The molecule has 1 N–H and O–H groups in total. The maximum absolute atomic E-state index is 13.2. The second kappa shape index (κ2) is 2.96. The van der Waals surface area contributed by atoms with Gasteiger partial charge < -0.3 is 4.98 Å². The van der Waals surface area contributed by atoms with Crippen molar-refractivity contribution in [3.05, 3.63) is 35.3 Å². The highest BCUT2D eigenvalue weighted by atomic mass is 19.1. The van der Waals surface area contributed by atoms with E-state index in [9.17, 15) is 9.18 Å². The molecule has 0 aliphatic heterocycles. The highest BCUT2D eigenvalue weighted by Crippen LogP contribution is 2.20. The summed E-state index contributed by atoms with van der Waals surface area (Å²) in [6.45, 7) is 0. The maximum Gasteiger partial charge on any atom is 0.152 e. The zero-order chi connectivity index (χ0) is 10.1. The third-order valence-electron chi connectivity index (χ3n) is 2.05. The molecule has 0 saturated heterocycles. The lowest BCUT2D eigenvalue weighted by molar-refractivity contribution is 0.112. The molecule has 1 heterocycles. The van der Waals surface area contributed by atoms with Crippen LogP contribution in [0.5, 0.6) is 0 Å². The number of carbonyl (C=O) groups excluding carboxylic acids is 1. The summed E-state index contributed by atoms with van der Waals surface area (Å²) < 4.78 is 13.2. The SMILES string of the molecule is N#Cc1cc2[nH]cc(C=O)c2cc1F. The molecule has 3 nitrogen and oxygen atoms in total. The average molecular weight is 188 g/mol. The first-order valence-corrected chi connectivity index (χ1v) is 3.92. The number of nitrogens with zero attached hydrogens (tertiary/aromatic N) is 1. The Hall–Kier alpha value is -2.15. The number of halogens is 1. The predicted octanol–water partition coefficient (Wildman–Crippen LogP) is 1.99. The van der Waals surface area contributed by atoms with Gasteiger partial charge in [0.2, 0.25) is 0 Å². The van der Waals surface area contributed by atoms with Gasteiger partial charge in [-0.05, 0) is 12.1 Å². The van der Waals surface area contributed by atoms with Crippen LogP contribution in [0.1, 0.15) is 15.9 Å². The molecule has 2 aromatic rings. The van der Waals surface area contributed by atoms with Crippen molar-refractivity contribution in [1.29, 1.82) is 5.26 Å². The van der Waals surface area contributed by atoms with Crippen molar-refractivity contribution in [3.63, 3.8) is 0 Å². The summed E-state index contributed by atoms with van der Waals surface area (Å²) in [5.74, 6) is -0.609. The Kier molecular flexibility index (Phi) is 1.79. The first-order chi connectivity index (χ1) is 6.76. The van der Waals surface area contributed by atoms with Gasteiger partial charge >= 0.3 is 0 Å². The lowest BCUT2D eigenvalue weighted by Gasteiger charge is -1.94. The van der Waals surface area contributed by atoms with Crippen LogP contribution < -0.4 is 0 Å². The molecule has 2 rings (SSSR count). The molecule has 0 spiro atoms. The second-order valence-corrected chi connectivity index (χ2v) is 2.85. The van der Waals surface area contributed by atoms with Gasteiger partial charge in [0.1, 0.15) is 11.9 Å². The summed E-state index contributed by atoms with van der Waals surface area (Å²) in [7, 11) is 0. The lowest BCUT2D eigenvalue weighted by Crippen LogP contribution is -1.84. The Morgan fingerprint density at radius 1 is 1.50 bits per heavy atom. The number of carbonyl (C=O) groups is 1. The van der Waals surface area contributed by atoms with E-state index in [0.717, 1.165) is 0 Å². The zero-order valence-corrected chi connectivity index (χ0v) is 7.04. The molecule has 0 radical (unpaired) electrons. The van der Waals surface area contributed by atoms with Crippen molar-refractivity contribution >= 4 is 17.2 Å². The summed E-state index contributed by atoms with van der Waals surface area (Å²) >= 11 is 0. The molecule has 1 aromatic carbocycles. The van der Waals surface area contributed by atoms with E-state index in [4.69, 9.17) is 5.26 Å². The van der Waals surface area contributed by atoms with Crippen LogP contribution in [-0.4, -0.2) is 11.3 Å². The molecule has 0 aliphatic rings. The third kappa shape index (κ3) is 1.07. The highest BCUT2D eigenvalue weighted by Gasteiger charge is 2.08. The zero-order valence-electron chi connectivity index (χ0n) is 7.04. The van der Waals surface area contributed by atoms with Gasteiger partial charge in [0.25, 0.3) is 0 Å². The van der Waals surface area contributed by atoms with Crippen LogP contribution in [-0.2, 0) is 0 Å². The number of fused-ring (bicyclic) bond motifs is 1. The van der Waals surface area contributed by atoms with Crippen LogP contribution in [0.3, 0.4) is 0 Å². The molecule has 0 aliphatic carbocycles. The topological polar surface area (TPSA) is 56.6 Å². The molecule has 0 fully saturated rings. The Morgan fingerprint density at radius 3 is 2.93 bits per heavy atom. The summed E-state index contributed by atoms with van der Waals surface area (Å²) in [6.07, 6.45) is 2.13. The number of nitriles is 1. The van der Waals surface area contributed by atoms with Gasteiger partial charge in [-0.25, -0.2) is 4.39 Å². The summed E-state index contributed by atoms with van der Waals surface area (Å²) in [6, 6.07) is 4.31. The second-order valence-electron chi connectivity index (χ2n) is 2.85. The van der Waals surface area contributed by atoms with Crippen molar-refractivity contribution in [2.24, 2.45) is 0 Å². The van der Waals surface area contributed by atoms with Gasteiger partial charge in [-0.1, -0.05) is 0 Å². The van der Waals surface area contributed by atoms with E-state index in [1.54, 1.807) is 6.07 Å². The number of hydrogen-bond acceptors (Lipinski definition) is 2. The van der Waals surface area contributed by atoms with E-state index >= 15 is 0 Å². The first-order valence-electron chi connectivity index (χ1n) is 3.92. The van der Waals surface area contributed by atoms with Crippen molar-refractivity contribution in [3.8, 4) is 6.07 Å². The number of H-pyrrole nitrogens is 1. The smallest absolute Gasteiger partial charge is 0.152 e. The molecule has 0 bridgehead atoms. The van der Waals surface area contributed by atoms with Crippen molar-refractivity contribution in [2.45, 2.75) is 0 Å². The summed E-state index contributed by atoms with van der Waals surface area (Å²) in [4.78, 5) is 13.3. The molecule has 0 atom stereocenters. The van der Waals surface area contributed by atoms with E-state index in [1.165, 1.54) is 18.3 Å². The van der Waals surface area contributed by atoms with E-state index in [0.29, 0.717) is 22.8 Å². The fourth-order valence-electron chi connectivity index (χ4n) is 1.35. The molecule has 0 unspecified atom stereocenters. The van der Waals surface area contributed by atoms with Crippen LogP contribution in [0.15, 0.2) is 18.3 Å². The maximum atomic E-state index is 13.2. The number of aldehydes is 1. The molecule has 14 heavy (non-hydrogen) atoms. The largest absolute Gasteiger partial charge is 0.360 e. The highest BCUT2D eigenvalue weighted by molar-refractivity contribution is 5.97. The lowest BCUT2D eigenvalue weighted by atomic mass is 10.1. The van der Waals surface area contributed by atoms with Gasteiger partial charge in [0.05, 0.1) is 5.56 Å². The van der Waals surface area contributed by atoms with Crippen molar-refractivity contribution in [1.82, 2.24) is 4.98 Å². The summed E-state index contributed by atoms with van der Waals surface area (Å²) in [5, 5.41) is 9.07. The Morgan fingerprint density at radius 2 is 2.29 bits per heavy atom. The Labute approximate surface area is 78.8 Å². The molecule has 68 valence electrons. The molecule has 0 saturated carbocycles. The number of rotatable bonds is 1. The van der Waals surface area contributed by atoms with E-state index in [-0.39, 0.29) is 5.56 Å². The molecule has 4 heteroatoms. The van der Waals surface area contributed by atoms with E-state index in [2.05, 4.69) is 4.98 Å². The summed E-state index contributed by atoms with van der Waals surface area (Å²) in [5.41, 5.74) is 0.949. The predicted molar refractivity (Wildman–Crippen MR) is 48.4 cm³/mol. The fraction of sp³-hybridized carbons (Fsp3) is 0. The monoisotopic (exact) mass is 188 g/mol. The average Bonchev–Trinajstić information content (AvgIpc) is 2.58. The van der Waals surface area contributed by atoms with E-state index < -0.39 is 5.82 Å². The van der Waals surface area contributed by atoms with Gasteiger partial charge in [-0.3, -0.25) is 4.79 Å². The standard InChI is InChI=1S/C10H5FN2O/c11-9-2-8-7(5-14)4-13-10(8)1-6(9)3-12/h1-2,4-5,13H. The van der Waals surface area contributed by atoms with Gasteiger partial charge in [-0.15, -0.1) is 0 Å². The first kappa shape index (κ1) is 8.45. The number of nitrogens with one attached hydrogen (secondary N) is 1. The van der Waals surface area contributed by atoms with Crippen molar-refractivity contribution < 1.29 is 9.18 Å². The minimum Gasteiger partial charge on any atom is -0.360 e. The molecule has 1 aromatic heterocycles. The minimum absolute atomic E-state index is 0.0307. The Balaban J connectivity index is 2.83. The third-order valence-corrected chi connectivity index (χ3v) is 2.05. The van der Waals surface area contributed by atoms with Crippen LogP contribution >= 0.6 is 0 Å². The number of aromatic amines is 1. The number of benzene rings is 1. The van der Waals surface area contributed by atoms with Crippen molar-refractivity contribution in [2.75, 3.05) is 0 Å². The van der Waals surface area contributed by atoms with Crippen LogP contribution in [0.25, 0.3) is 10.9 Å².